The fourth-order valence-corrected chi connectivity index (χ4v) is 3.15. The number of hydrogen-bond acceptors (Lipinski definition) is 3. The summed E-state index contributed by atoms with van der Waals surface area (Å²) < 4.78 is 5.81. The first-order valence-corrected chi connectivity index (χ1v) is 6.44. The van der Waals surface area contributed by atoms with Crippen LogP contribution in [0.2, 0.25) is 0 Å². The number of nitrogens with zero attached hydrogens (tertiary/aromatic N) is 1. The van der Waals surface area contributed by atoms with E-state index < -0.39 is 0 Å². The highest BCUT2D eigenvalue weighted by Gasteiger charge is 2.42. The van der Waals surface area contributed by atoms with E-state index in [4.69, 9.17) is 4.74 Å². The van der Waals surface area contributed by atoms with Gasteiger partial charge < -0.3 is 9.72 Å². The fourth-order valence-electron chi connectivity index (χ4n) is 3.15. The third-order valence-corrected chi connectivity index (χ3v) is 4.05. The average molecular weight is 234 g/mol. The minimum Gasteiger partial charge on any atom is -0.374 e. The van der Waals surface area contributed by atoms with Gasteiger partial charge in [-0.15, -0.1) is 0 Å². The zero-order chi connectivity index (χ0) is 12.0. The Morgan fingerprint density at radius 3 is 2.82 bits per heavy atom. The number of nitrogens with one attached hydrogen (secondary N) is 1. The number of aromatic nitrogens is 2. The number of rotatable bonds is 2. The molecule has 3 unspecified atom stereocenters. The molecule has 1 N–H and O–H groups in total. The summed E-state index contributed by atoms with van der Waals surface area (Å²) in [5.41, 5.74) is 1.70. The predicted molar refractivity (Wildman–Crippen MR) is 64.2 cm³/mol. The SMILES string of the molecule is CCc1c(C)nc(C2CC3CCC2O3)[nH]c1=O. The first-order chi connectivity index (χ1) is 8.19. The van der Waals surface area contributed by atoms with E-state index in [9.17, 15) is 4.79 Å². The van der Waals surface area contributed by atoms with Gasteiger partial charge in [-0.3, -0.25) is 4.79 Å². The van der Waals surface area contributed by atoms with Crippen LogP contribution in [0.15, 0.2) is 4.79 Å². The second-order valence-corrected chi connectivity index (χ2v) is 5.08. The summed E-state index contributed by atoms with van der Waals surface area (Å²) in [6.07, 6.45) is 4.68. The standard InChI is InChI=1S/C13H18N2O2/c1-3-9-7(2)14-12(15-13(9)16)10-6-8-4-5-11(10)17-8/h8,10-11H,3-6H2,1-2H3,(H,14,15,16). The minimum absolute atomic E-state index is 0.0257. The molecular formula is C13H18N2O2. The number of aromatic amines is 1. The molecule has 4 heteroatoms. The van der Waals surface area contributed by atoms with Crippen molar-refractivity contribution in [3.05, 3.63) is 27.4 Å². The first-order valence-electron chi connectivity index (χ1n) is 6.44. The molecule has 17 heavy (non-hydrogen) atoms. The maximum absolute atomic E-state index is 11.9. The molecule has 0 saturated carbocycles. The van der Waals surface area contributed by atoms with Gasteiger partial charge in [-0.05, 0) is 32.6 Å². The summed E-state index contributed by atoms with van der Waals surface area (Å²) in [7, 11) is 0. The van der Waals surface area contributed by atoms with Gasteiger partial charge in [-0.25, -0.2) is 4.98 Å². The molecule has 2 saturated heterocycles. The van der Waals surface area contributed by atoms with Crippen LogP contribution in [0.5, 0.6) is 0 Å². The van der Waals surface area contributed by atoms with Gasteiger partial charge in [0.05, 0.1) is 12.2 Å². The van der Waals surface area contributed by atoms with E-state index in [2.05, 4.69) is 9.97 Å². The molecule has 4 nitrogen and oxygen atoms in total. The highest BCUT2D eigenvalue weighted by atomic mass is 16.5. The van der Waals surface area contributed by atoms with Crippen molar-refractivity contribution in [2.24, 2.45) is 0 Å². The van der Waals surface area contributed by atoms with E-state index in [0.29, 0.717) is 12.0 Å². The van der Waals surface area contributed by atoms with Gasteiger partial charge in [0.15, 0.2) is 0 Å². The minimum atomic E-state index is 0.0257. The molecule has 0 aliphatic carbocycles. The lowest BCUT2D eigenvalue weighted by molar-refractivity contribution is 0.0998. The second kappa shape index (κ2) is 3.95. The Balaban J connectivity index is 1.97. The molecule has 0 amide bonds. The van der Waals surface area contributed by atoms with Crippen LogP contribution >= 0.6 is 0 Å². The van der Waals surface area contributed by atoms with Crippen LogP contribution in [0.4, 0.5) is 0 Å². The van der Waals surface area contributed by atoms with Crippen LogP contribution in [0.1, 0.15) is 49.2 Å². The largest absolute Gasteiger partial charge is 0.374 e. The Bertz CT molecular complexity index is 495. The van der Waals surface area contributed by atoms with E-state index in [1.807, 2.05) is 13.8 Å². The first kappa shape index (κ1) is 11.0. The molecule has 2 bridgehead atoms. The van der Waals surface area contributed by atoms with Crippen LogP contribution in [-0.2, 0) is 11.2 Å². The maximum atomic E-state index is 11.9. The van der Waals surface area contributed by atoms with Gasteiger partial charge in [0.2, 0.25) is 0 Å². The molecule has 2 fully saturated rings. The number of H-pyrrole nitrogens is 1. The Kier molecular flexibility index (Phi) is 2.54. The summed E-state index contributed by atoms with van der Waals surface area (Å²) in [5, 5.41) is 0. The molecule has 2 aliphatic heterocycles. The van der Waals surface area contributed by atoms with Gasteiger partial charge >= 0.3 is 0 Å². The maximum Gasteiger partial charge on any atom is 0.254 e. The lowest BCUT2D eigenvalue weighted by atomic mass is 9.88. The molecule has 3 atom stereocenters. The molecule has 2 aliphatic rings. The summed E-state index contributed by atoms with van der Waals surface area (Å²) in [5.74, 6) is 1.13. The van der Waals surface area contributed by atoms with Crippen LogP contribution < -0.4 is 5.56 Å². The molecule has 1 aromatic rings. The monoisotopic (exact) mass is 234 g/mol. The zero-order valence-electron chi connectivity index (χ0n) is 10.3. The molecule has 3 heterocycles. The van der Waals surface area contributed by atoms with Crippen molar-refractivity contribution in [2.75, 3.05) is 0 Å². The van der Waals surface area contributed by atoms with Crippen molar-refractivity contribution in [1.82, 2.24) is 9.97 Å². The Morgan fingerprint density at radius 1 is 1.47 bits per heavy atom. The molecule has 3 rings (SSSR count). The summed E-state index contributed by atoms with van der Waals surface area (Å²) >= 11 is 0. The molecule has 0 aromatic carbocycles. The van der Waals surface area contributed by atoms with E-state index in [1.165, 1.54) is 0 Å². The van der Waals surface area contributed by atoms with E-state index >= 15 is 0 Å². The van der Waals surface area contributed by atoms with Crippen LogP contribution in [0.25, 0.3) is 0 Å². The second-order valence-electron chi connectivity index (χ2n) is 5.08. The molecule has 92 valence electrons. The van der Waals surface area contributed by atoms with Crippen LogP contribution in [0.3, 0.4) is 0 Å². The number of ether oxygens (including phenoxy) is 1. The van der Waals surface area contributed by atoms with Crippen LogP contribution in [0, 0.1) is 6.92 Å². The summed E-state index contributed by atoms with van der Waals surface area (Å²) in [6, 6.07) is 0. The molecule has 0 radical (unpaired) electrons. The molecular weight excluding hydrogens is 216 g/mol. The van der Waals surface area contributed by atoms with Crippen molar-refractivity contribution in [1.29, 1.82) is 0 Å². The summed E-state index contributed by atoms with van der Waals surface area (Å²) in [4.78, 5) is 19.4. The molecule has 1 aromatic heterocycles. The zero-order valence-corrected chi connectivity index (χ0v) is 10.3. The van der Waals surface area contributed by atoms with Crippen molar-refractivity contribution >= 4 is 0 Å². The third kappa shape index (κ3) is 1.71. The predicted octanol–water partition coefficient (Wildman–Crippen LogP) is 1.68. The fraction of sp³-hybridized carbons (Fsp3) is 0.692. The van der Waals surface area contributed by atoms with E-state index in [-0.39, 0.29) is 11.7 Å². The van der Waals surface area contributed by atoms with Crippen molar-refractivity contribution in [3.8, 4) is 0 Å². The normalized spacial score (nSPS) is 31.1. The van der Waals surface area contributed by atoms with Crippen molar-refractivity contribution < 1.29 is 4.74 Å². The highest BCUT2D eigenvalue weighted by Crippen LogP contribution is 2.43. The number of aryl methyl sites for hydroxylation is 1. The smallest absolute Gasteiger partial charge is 0.254 e. The quantitative estimate of drug-likeness (QED) is 0.847. The van der Waals surface area contributed by atoms with E-state index in [1.54, 1.807) is 0 Å². The van der Waals surface area contributed by atoms with Gasteiger partial charge in [-0.1, -0.05) is 6.92 Å². The average Bonchev–Trinajstić information content (AvgIpc) is 2.90. The highest BCUT2D eigenvalue weighted by molar-refractivity contribution is 5.19. The Labute approximate surface area is 100 Å². The number of hydrogen-bond donors (Lipinski definition) is 1. The molecule has 0 spiro atoms. The van der Waals surface area contributed by atoms with Crippen molar-refractivity contribution in [3.63, 3.8) is 0 Å². The lowest BCUT2D eigenvalue weighted by Gasteiger charge is -2.18. The van der Waals surface area contributed by atoms with Gasteiger partial charge in [0.25, 0.3) is 5.56 Å². The van der Waals surface area contributed by atoms with Gasteiger partial charge in [0.1, 0.15) is 5.82 Å². The number of fused-ring (bicyclic) bond motifs is 2. The van der Waals surface area contributed by atoms with E-state index in [0.717, 1.165) is 42.8 Å². The lowest BCUT2D eigenvalue weighted by Crippen LogP contribution is -2.24. The Morgan fingerprint density at radius 2 is 2.29 bits per heavy atom. The summed E-state index contributed by atoms with van der Waals surface area (Å²) in [6.45, 7) is 3.91. The van der Waals surface area contributed by atoms with Gasteiger partial charge in [-0.2, -0.15) is 0 Å². The topological polar surface area (TPSA) is 55.0 Å². The Hall–Kier alpha value is -1.16. The van der Waals surface area contributed by atoms with Gasteiger partial charge in [0, 0.05) is 17.2 Å². The van der Waals surface area contributed by atoms with Crippen LogP contribution in [-0.4, -0.2) is 22.2 Å². The van der Waals surface area contributed by atoms with Crippen molar-refractivity contribution in [2.45, 2.75) is 57.7 Å². The third-order valence-electron chi connectivity index (χ3n) is 4.05.